The van der Waals surface area contributed by atoms with E-state index in [2.05, 4.69) is 22.2 Å². The number of rotatable bonds is 5. The summed E-state index contributed by atoms with van der Waals surface area (Å²) in [7, 11) is 0. The van der Waals surface area contributed by atoms with E-state index in [-0.39, 0.29) is 0 Å². The summed E-state index contributed by atoms with van der Waals surface area (Å²) in [6.07, 6.45) is 6.31. The molecule has 3 N–H and O–H groups in total. The van der Waals surface area contributed by atoms with Crippen LogP contribution in [0.1, 0.15) is 38.4 Å². The van der Waals surface area contributed by atoms with E-state index in [0.29, 0.717) is 11.9 Å². The number of hydrogen-bond acceptors (Lipinski definition) is 4. The van der Waals surface area contributed by atoms with E-state index >= 15 is 0 Å². The van der Waals surface area contributed by atoms with Crippen LogP contribution in [0.25, 0.3) is 0 Å². The van der Waals surface area contributed by atoms with Crippen molar-refractivity contribution in [2.45, 2.75) is 45.1 Å². The normalized spacial score (nSPS) is 19.6. The number of nitrogens with one attached hydrogen (secondary N) is 1. The lowest BCUT2D eigenvalue weighted by Gasteiger charge is -2.18. The van der Waals surface area contributed by atoms with Crippen molar-refractivity contribution in [3.05, 3.63) is 11.9 Å². The van der Waals surface area contributed by atoms with Crippen LogP contribution >= 0.6 is 0 Å². The molecule has 0 aromatic carbocycles. The highest BCUT2D eigenvalue weighted by molar-refractivity contribution is 5.46. The van der Waals surface area contributed by atoms with Crippen LogP contribution in [-0.2, 0) is 6.42 Å². The number of hydrogen-bond donors (Lipinski definition) is 2. The first-order chi connectivity index (χ1) is 8.26. The Morgan fingerprint density at radius 2 is 1.94 bits per heavy atom. The smallest absolute Gasteiger partial charge is 0.132 e. The number of aryl methyl sites for hydroxylation is 1. The fraction of sp³-hybridized carbons (Fsp3) is 0.692. The zero-order valence-electron chi connectivity index (χ0n) is 10.3. The van der Waals surface area contributed by atoms with Crippen LogP contribution in [0, 0.1) is 11.8 Å². The van der Waals surface area contributed by atoms with Gasteiger partial charge in [-0.05, 0) is 37.5 Å². The number of aromatic nitrogens is 2. The first-order valence-corrected chi connectivity index (χ1v) is 6.66. The molecule has 92 valence electrons. The zero-order valence-corrected chi connectivity index (χ0v) is 10.3. The molecular weight excluding hydrogens is 212 g/mol. The molecule has 0 saturated heterocycles. The highest BCUT2D eigenvalue weighted by Crippen LogP contribution is 2.45. The second kappa shape index (κ2) is 4.17. The lowest BCUT2D eigenvalue weighted by atomic mass is 10.1. The van der Waals surface area contributed by atoms with Crippen molar-refractivity contribution in [3.8, 4) is 0 Å². The summed E-state index contributed by atoms with van der Waals surface area (Å²) in [5.41, 5.74) is 5.80. The summed E-state index contributed by atoms with van der Waals surface area (Å²) < 4.78 is 0. The number of anilines is 2. The molecule has 1 aromatic rings. The van der Waals surface area contributed by atoms with Gasteiger partial charge < -0.3 is 11.1 Å². The van der Waals surface area contributed by atoms with Crippen LogP contribution in [0.15, 0.2) is 6.07 Å². The van der Waals surface area contributed by atoms with Crippen LogP contribution in [-0.4, -0.2) is 16.0 Å². The van der Waals surface area contributed by atoms with E-state index in [1.807, 2.05) is 6.07 Å². The first-order valence-electron chi connectivity index (χ1n) is 6.66. The Hall–Kier alpha value is -1.32. The van der Waals surface area contributed by atoms with Crippen LogP contribution < -0.4 is 11.1 Å². The van der Waals surface area contributed by atoms with Crippen LogP contribution in [0.5, 0.6) is 0 Å². The summed E-state index contributed by atoms with van der Waals surface area (Å²) in [4.78, 5) is 8.72. The molecule has 2 fully saturated rings. The van der Waals surface area contributed by atoms with Crippen LogP contribution in [0.4, 0.5) is 11.6 Å². The maximum Gasteiger partial charge on any atom is 0.132 e. The molecule has 0 spiro atoms. The number of nitrogens with two attached hydrogens (primary N) is 1. The van der Waals surface area contributed by atoms with Gasteiger partial charge in [0.25, 0.3) is 0 Å². The van der Waals surface area contributed by atoms with Crippen molar-refractivity contribution in [3.63, 3.8) is 0 Å². The summed E-state index contributed by atoms with van der Waals surface area (Å²) in [5, 5.41) is 3.59. The van der Waals surface area contributed by atoms with Gasteiger partial charge in [0.15, 0.2) is 0 Å². The third-order valence-corrected chi connectivity index (χ3v) is 3.68. The molecule has 0 radical (unpaired) electrons. The largest absolute Gasteiger partial charge is 0.384 e. The van der Waals surface area contributed by atoms with Gasteiger partial charge in [-0.1, -0.05) is 6.92 Å². The molecule has 0 bridgehead atoms. The molecule has 1 heterocycles. The van der Waals surface area contributed by atoms with E-state index in [0.717, 1.165) is 29.9 Å². The van der Waals surface area contributed by atoms with Gasteiger partial charge >= 0.3 is 0 Å². The van der Waals surface area contributed by atoms with E-state index in [1.165, 1.54) is 25.7 Å². The fourth-order valence-corrected chi connectivity index (χ4v) is 2.45. The summed E-state index contributed by atoms with van der Waals surface area (Å²) in [5.74, 6) is 4.05. The van der Waals surface area contributed by atoms with Crippen molar-refractivity contribution < 1.29 is 0 Å². The van der Waals surface area contributed by atoms with Crippen LogP contribution in [0.2, 0.25) is 0 Å². The second-order valence-electron chi connectivity index (χ2n) is 5.29. The standard InChI is InChI=1S/C13H20N4/c1-2-11-15-10(14)7-12(16-11)17-13(8-3-4-8)9-5-6-9/h7-9,13H,2-6H2,1H3,(H3,14,15,16,17). The minimum Gasteiger partial charge on any atom is -0.384 e. The van der Waals surface area contributed by atoms with Gasteiger partial charge in [-0.15, -0.1) is 0 Å². The maximum absolute atomic E-state index is 5.80. The van der Waals surface area contributed by atoms with Gasteiger partial charge in [-0.25, -0.2) is 9.97 Å². The van der Waals surface area contributed by atoms with Gasteiger partial charge in [0.05, 0.1) is 0 Å². The lowest BCUT2D eigenvalue weighted by molar-refractivity contribution is 0.565. The highest BCUT2D eigenvalue weighted by atomic mass is 15.1. The molecule has 0 amide bonds. The summed E-state index contributed by atoms with van der Waals surface area (Å²) in [6.45, 7) is 2.05. The molecule has 0 aliphatic heterocycles. The molecule has 2 aliphatic carbocycles. The summed E-state index contributed by atoms with van der Waals surface area (Å²) in [6, 6.07) is 2.48. The Morgan fingerprint density at radius 1 is 1.29 bits per heavy atom. The minimum atomic E-state index is 0.574. The molecule has 17 heavy (non-hydrogen) atoms. The van der Waals surface area contributed by atoms with Gasteiger partial charge in [0.2, 0.25) is 0 Å². The number of nitrogen functional groups attached to an aromatic ring is 1. The SMILES string of the molecule is CCc1nc(N)cc(NC(C2CC2)C2CC2)n1. The van der Waals surface area contributed by atoms with Gasteiger partial charge in [0, 0.05) is 18.5 Å². The molecule has 3 rings (SSSR count). The van der Waals surface area contributed by atoms with Gasteiger partial charge in [-0.3, -0.25) is 0 Å². The van der Waals surface area contributed by atoms with E-state index in [4.69, 9.17) is 5.73 Å². The van der Waals surface area contributed by atoms with Gasteiger partial charge in [-0.2, -0.15) is 0 Å². The molecule has 1 aromatic heterocycles. The molecule has 4 heteroatoms. The minimum absolute atomic E-state index is 0.574. The Morgan fingerprint density at radius 3 is 2.47 bits per heavy atom. The average Bonchev–Trinajstić information content (AvgIpc) is 3.16. The predicted octanol–water partition coefficient (Wildman–Crippen LogP) is 2.22. The third-order valence-electron chi connectivity index (χ3n) is 3.68. The van der Waals surface area contributed by atoms with Crippen molar-refractivity contribution in [1.29, 1.82) is 0 Å². The number of nitrogens with zero attached hydrogens (tertiary/aromatic N) is 2. The predicted molar refractivity (Wildman–Crippen MR) is 68.7 cm³/mol. The quantitative estimate of drug-likeness (QED) is 0.817. The molecular formula is C13H20N4. The van der Waals surface area contributed by atoms with E-state index in [1.54, 1.807) is 0 Å². The van der Waals surface area contributed by atoms with Crippen molar-refractivity contribution in [2.24, 2.45) is 11.8 Å². The molecule has 2 aliphatic rings. The maximum atomic E-state index is 5.80. The van der Waals surface area contributed by atoms with Crippen molar-refractivity contribution >= 4 is 11.6 Å². The molecule has 2 saturated carbocycles. The Balaban J connectivity index is 1.76. The molecule has 0 atom stereocenters. The summed E-state index contributed by atoms with van der Waals surface area (Å²) >= 11 is 0. The Kier molecular flexibility index (Phi) is 2.65. The lowest BCUT2D eigenvalue weighted by Crippen LogP contribution is -2.25. The second-order valence-corrected chi connectivity index (χ2v) is 5.29. The van der Waals surface area contributed by atoms with Crippen molar-refractivity contribution in [2.75, 3.05) is 11.1 Å². The Bertz CT molecular complexity index is 398. The zero-order chi connectivity index (χ0) is 11.8. The Labute approximate surface area is 102 Å². The highest BCUT2D eigenvalue weighted by Gasteiger charge is 2.41. The van der Waals surface area contributed by atoms with Gasteiger partial charge in [0.1, 0.15) is 17.5 Å². The van der Waals surface area contributed by atoms with Crippen molar-refractivity contribution in [1.82, 2.24) is 9.97 Å². The van der Waals surface area contributed by atoms with E-state index in [9.17, 15) is 0 Å². The van der Waals surface area contributed by atoms with E-state index < -0.39 is 0 Å². The third kappa shape index (κ3) is 2.51. The molecule has 4 nitrogen and oxygen atoms in total. The topological polar surface area (TPSA) is 63.8 Å². The van der Waals surface area contributed by atoms with Crippen LogP contribution in [0.3, 0.4) is 0 Å². The fourth-order valence-electron chi connectivity index (χ4n) is 2.45. The first kappa shape index (κ1) is 10.8. The monoisotopic (exact) mass is 232 g/mol. The molecule has 0 unspecified atom stereocenters. The average molecular weight is 232 g/mol.